The summed E-state index contributed by atoms with van der Waals surface area (Å²) in [5.41, 5.74) is 1.23. The van der Waals surface area contributed by atoms with Crippen LogP contribution in [0.1, 0.15) is 44.2 Å². The van der Waals surface area contributed by atoms with Crippen molar-refractivity contribution in [1.29, 1.82) is 0 Å². The lowest BCUT2D eigenvalue weighted by Crippen LogP contribution is -3.00. The third-order valence-corrected chi connectivity index (χ3v) is 6.11. The first kappa shape index (κ1) is 15.2. The molecule has 114 valence electrons. The molecule has 1 heterocycles. The molecule has 4 aliphatic carbocycles. The zero-order valence-electron chi connectivity index (χ0n) is 12.7. The molecule has 3 heteroatoms. The second kappa shape index (κ2) is 5.49. The van der Waals surface area contributed by atoms with Gasteiger partial charge in [0.2, 0.25) is 12.3 Å². The Morgan fingerprint density at radius 3 is 2.24 bits per heavy atom. The Labute approximate surface area is 137 Å². The highest BCUT2D eigenvalue weighted by Gasteiger charge is 2.54. The van der Waals surface area contributed by atoms with E-state index in [0.29, 0.717) is 12.3 Å². The zero-order valence-corrected chi connectivity index (χ0v) is 14.3. The summed E-state index contributed by atoms with van der Waals surface area (Å²) in [7, 11) is 0. The predicted molar refractivity (Wildman–Crippen MR) is 77.0 cm³/mol. The van der Waals surface area contributed by atoms with E-state index in [1.807, 2.05) is 18.3 Å². The quantitative estimate of drug-likeness (QED) is 0.707. The molecule has 0 amide bonds. The van der Waals surface area contributed by atoms with E-state index >= 15 is 0 Å². The Hall–Kier alpha value is -0.700. The second-order valence-electron chi connectivity index (χ2n) is 7.59. The van der Waals surface area contributed by atoms with Gasteiger partial charge in [-0.15, -0.1) is 0 Å². The molecule has 5 rings (SSSR count). The van der Waals surface area contributed by atoms with Crippen molar-refractivity contribution >= 4 is 5.78 Å². The van der Waals surface area contributed by atoms with Crippen LogP contribution in [-0.4, -0.2) is 5.78 Å². The topological polar surface area (TPSA) is 20.9 Å². The van der Waals surface area contributed by atoms with E-state index < -0.39 is 0 Å². The van der Waals surface area contributed by atoms with Crippen molar-refractivity contribution in [3.63, 3.8) is 0 Å². The van der Waals surface area contributed by atoms with Crippen LogP contribution in [0.15, 0.2) is 24.4 Å². The standard InChI is InChI=1S/C18H24NO.BrH/c1-13-4-2-3-5-19(13)12-17(20)18-9-14-6-15(10-18)8-16(7-14)11-18;/h2-5,14-16H,6-12H2,1H3;1H/q+1;/p-1. The Balaban J connectivity index is 0.00000132. The lowest BCUT2D eigenvalue weighted by Gasteiger charge is -2.55. The van der Waals surface area contributed by atoms with Crippen molar-refractivity contribution in [3.05, 3.63) is 30.1 Å². The first-order valence-electron chi connectivity index (χ1n) is 8.13. The Kier molecular flexibility index (Phi) is 3.98. The van der Waals surface area contributed by atoms with Gasteiger partial charge in [-0.3, -0.25) is 4.79 Å². The van der Waals surface area contributed by atoms with E-state index in [9.17, 15) is 4.79 Å². The van der Waals surface area contributed by atoms with Gasteiger partial charge in [-0.05, 0) is 56.3 Å². The van der Waals surface area contributed by atoms with Crippen LogP contribution in [0, 0.1) is 30.1 Å². The number of carbonyl (C=O) groups is 1. The first-order chi connectivity index (χ1) is 9.64. The maximum Gasteiger partial charge on any atom is 0.207 e. The van der Waals surface area contributed by atoms with E-state index in [1.54, 1.807) is 0 Å². The van der Waals surface area contributed by atoms with Gasteiger partial charge in [-0.1, -0.05) is 6.07 Å². The second-order valence-corrected chi connectivity index (χ2v) is 7.59. The van der Waals surface area contributed by atoms with Gasteiger partial charge in [-0.25, -0.2) is 0 Å². The van der Waals surface area contributed by atoms with E-state index in [0.717, 1.165) is 17.8 Å². The summed E-state index contributed by atoms with van der Waals surface area (Å²) in [6.07, 6.45) is 9.82. The summed E-state index contributed by atoms with van der Waals surface area (Å²) in [5, 5.41) is 0. The fraction of sp³-hybridized carbons (Fsp3) is 0.667. The van der Waals surface area contributed by atoms with Crippen LogP contribution in [0.2, 0.25) is 0 Å². The van der Waals surface area contributed by atoms with Crippen molar-refractivity contribution in [2.24, 2.45) is 23.2 Å². The Bertz CT molecular complexity index is 519. The number of hydrogen-bond donors (Lipinski definition) is 0. The third kappa shape index (κ3) is 2.58. The fourth-order valence-electron chi connectivity index (χ4n) is 5.51. The molecule has 0 unspecified atom stereocenters. The lowest BCUT2D eigenvalue weighted by atomic mass is 9.48. The fourth-order valence-corrected chi connectivity index (χ4v) is 5.51. The number of aryl methyl sites for hydroxylation is 1. The van der Waals surface area contributed by atoms with Gasteiger partial charge in [0, 0.05) is 24.5 Å². The van der Waals surface area contributed by atoms with E-state index in [4.69, 9.17) is 0 Å². The molecule has 0 radical (unpaired) electrons. The molecule has 4 fully saturated rings. The van der Waals surface area contributed by atoms with Crippen molar-refractivity contribution in [2.75, 3.05) is 0 Å². The van der Waals surface area contributed by atoms with Gasteiger partial charge in [0.05, 0.1) is 0 Å². The van der Waals surface area contributed by atoms with Gasteiger partial charge in [0.1, 0.15) is 0 Å². The van der Waals surface area contributed by atoms with Crippen molar-refractivity contribution in [3.8, 4) is 0 Å². The van der Waals surface area contributed by atoms with Crippen LogP contribution >= 0.6 is 0 Å². The molecule has 0 N–H and O–H groups in total. The molecule has 4 saturated carbocycles. The molecule has 1 aromatic rings. The number of ketones is 1. The SMILES string of the molecule is Cc1cccc[n+]1CC(=O)C12CC3CC(CC(C3)C1)C2.[Br-]. The summed E-state index contributed by atoms with van der Waals surface area (Å²) in [4.78, 5) is 13.0. The molecule has 2 nitrogen and oxygen atoms in total. The molecule has 4 aliphatic rings. The molecule has 21 heavy (non-hydrogen) atoms. The van der Waals surface area contributed by atoms with E-state index in [2.05, 4.69) is 17.6 Å². The molecule has 1 aromatic heterocycles. The predicted octanol–water partition coefficient (Wildman–Crippen LogP) is 0.0720. The number of hydrogen-bond acceptors (Lipinski definition) is 1. The molecule has 4 bridgehead atoms. The summed E-state index contributed by atoms with van der Waals surface area (Å²) in [5.74, 6) is 3.07. The number of nitrogens with zero attached hydrogens (tertiary/aromatic N) is 1. The molecule has 0 aliphatic heterocycles. The summed E-state index contributed by atoms with van der Waals surface area (Å²) < 4.78 is 2.13. The van der Waals surface area contributed by atoms with Crippen LogP contribution in [0.3, 0.4) is 0 Å². The summed E-state index contributed by atoms with van der Waals surface area (Å²) in [6.45, 7) is 2.67. The smallest absolute Gasteiger partial charge is 0.207 e. The molecular formula is C18H24BrNO. The molecule has 0 atom stereocenters. The van der Waals surface area contributed by atoms with Crippen LogP contribution in [0.4, 0.5) is 0 Å². The highest BCUT2D eigenvalue weighted by molar-refractivity contribution is 5.84. The van der Waals surface area contributed by atoms with Gasteiger partial charge in [0.25, 0.3) is 0 Å². The normalized spacial score (nSPS) is 36.3. The van der Waals surface area contributed by atoms with Gasteiger partial charge in [0.15, 0.2) is 11.9 Å². The number of aromatic nitrogens is 1. The maximum atomic E-state index is 13.0. The van der Waals surface area contributed by atoms with Crippen molar-refractivity contribution in [1.82, 2.24) is 0 Å². The maximum absolute atomic E-state index is 13.0. The van der Waals surface area contributed by atoms with Gasteiger partial charge < -0.3 is 17.0 Å². The van der Waals surface area contributed by atoms with Crippen LogP contribution in [0.25, 0.3) is 0 Å². The molecule has 0 saturated heterocycles. The molecule has 0 aromatic carbocycles. The zero-order chi connectivity index (χ0) is 13.7. The molecular weight excluding hydrogens is 326 g/mol. The number of rotatable bonds is 3. The minimum absolute atomic E-state index is 0. The van der Waals surface area contributed by atoms with Crippen LogP contribution in [-0.2, 0) is 11.3 Å². The highest BCUT2D eigenvalue weighted by Crippen LogP contribution is 2.60. The number of Topliss-reactive ketones (excluding diaryl/α,β-unsaturated/α-hetero) is 1. The van der Waals surface area contributed by atoms with Gasteiger partial charge in [-0.2, -0.15) is 4.57 Å². The average molecular weight is 350 g/mol. The number of halogens is 1. The van der Waals surface area contributed by atoms with E-state index in [1.165, 1.54) is 44.2 Å². The van der Waals surface area contributed by atoms with Crippen molar-refractivity contribution < 1.29 is 26.3 Å². The molecule has 0 spiro atoms. The lowest BCUT2D eigenvalue weighted by molar-refractivity contribution is -0.691. The van der Waals surface area contributed by atoms with Gasteiger partial charge >= 0.3 is 0 Å². The minimum Gasteiger partial charge on any atom is -1.00 e. The number of carbonyl (C=O) groups excluding carboxylic acids is 1. The first-order valence-corrected chi connectivity index (χ1v) is 8.13. The average Bonchev–Trinajstić information content (AvgIpc) is 2.40. The Morgan fingerprint density at radius 1 is 1.14 bits per heavy atom. The summed E-state index contributed by atoms with van der Waals surface area (Å²) in [6, 6.07) is 6.16. The van der Waals surface area contributed by atoms with Crippen molar-refractivity contribution in [2.45, 2.75) is 52.0 Å². The summed E-state index contributed by atoms with van der Waals surface area (Å²) >= 11 is 0. The minimum atomic E-state index is 0. The monoisotopic (exact) mass is 349 g/mol. The number of pyridine rings is 1. The van der Waals surface area contributed by atoms with Crippen LogP contribution < -0.4 is 21.5 Å². The largest absolute Gasteiger partial charge is 1.00 e. The van der Waals surface area contributed by atoms with E-state index in [-0.39, 0.29) is 22.4 Å². The highest BCUT2D eigenvalue weighted by atomic mass is 79.9. The third-order valence-electron chi connectivity index (χ3n) is 6.11. The Morgan fingerprint density at radius 2 is 1.71 bits per heavy atom. The van der Waals surface area contributed by atoms with Crippen LogP contribution in [0.5, 0.6) is 0 Å².